The third-order valence-corrected chi connectivity index (χ3v) is 4.04. The van der Waals surface area contributed by atoms with Gasteiger partial charge in [0, 0.05) is 29.3 Å². The van der Waals surface area contributed by atoms with Gasteiger partial charge in [0.1, 0.15) is 5.75 Å². The van der Waals surface area contributed by atoms with Crippen LogP contribution in [-0.4, -0.2) is 28.2 Å². The van der Waals surface area contributed by atoms with Gasteiger partial charge in [0.25, 0.3) is 0 Å². The van der Waals surface area contributed by atoms with Gasteiger partial charge in [-0.1, -0.05) is 0 Å². The van der Waals surface area contributed by atoms with Gasteiger partial charge in [-0.25, -0.2) is 9.78 Å². The van der Waals surface area contributed by atoms with Crippen LogP contribution in [0.2, 0.25) is 0 Å². The van der Waals surface area contributed by atoms with Gasteiger partial charge in [-0.2, -0.15) is 0 Å². The fourth-order valence-electron chi connectivity index (χ4n) is 1.95. The molecule has 2 aromatic heterocycles. The molecule has 21 heavy (non-hydrogen) atoms. The average molecular weight is 304 g/mol. The van der Waals surface area contributed by atoms with Crippen molar-refractivity contribution in [2.24, 2.45) is 0 Å². The molecule has 2 rings (SSSR count). The van der Waals surface area contributed by atoms with Crippen molar-refractivity contribution in [2.75, 3.05) is 7.11 Å². The number of aromatic carboxylic acids is 1. The largest absolute Gasteiger partial charge is 0.496 e. The zero-order valence-electron chi connectivity index (χ0n) is 12.1. The average Bonchev–Trinajstić information content (AvgIpc) is 2.47. The number of hydrogen-bond acceptors (Lipinski definition) is 5. The molecular weight excluding hydrogens is 288 g/mol. The van der Waals surface area contributed by atoms with Crippen molar-refractivity contribution in [3.8, 4) is 5.75 Å². The van der Waals surface area contributed by atoms with Gasteiger partial charge in [-0.15, -0.1) is 11.8 Å². The van der Waals surface area contributed by atoms with Crippen LogP contribution in [0.1, 0.15) is 27.2 Å². The number of aryl methyl sites for hydroxylation is 1. The van der Waals surface area contributed by atoms with Crippen molar-refractivity contribution in [3.63, 3.8) is 0 Å². The number of carbonyl (C=O) groups is 1. The molecule has 0 aliphatic carbocycles. The maximum absolute atomic E-state index is 10.8. The van der Waals surface area contributed by atoms with Gasteiger partial charge in [-0.3, -0.25) is 4.98 Å². The maximum Gasteiger partial charge on any atom is 0.337 e. The SMILES string of the molecule is COc1c(C)cnc(CSc2ccc(C(=O)O)cn2)c1C. The Balaban J connectivity index is 2.11. The summed E-state index contributed by atoms with van der Waals surface area (Å²) in [6.07, 6.45) is 3.16. The third kappa shape index (κ3) is 3.52. The number of ether oxygens (including phenoxy) is 1. The smallest absolute Gasteiger partial charge is 0.337 e. The minimum absolute atomic E-state index is 0.186. The molecule has 0 aliphatic rings. The Labute approximate surface area is 127 Å². The van der Waals surface area contributed by atoms with Crippen molar-refractivity contribution < 1.29 is 14.6 Å². The van der Waals surface area contributed by atoms with E-state index in [9.17, 15) is 4.79 Å². The number of carboxylic acids is 1. The first kappa shape index (κ1) is 15.3. The topological polar surface area (TPSA) is 72.3 Å². The summed E-state index contributed by atoms with van der Waals surface area (Å²) in [7, 11) is 1.65. The molecule has 0 aromatic carbocycles. The second-order valence-corrected chi connectivity index (χ2v) is 5.52. The first-order valence-corrected chi connectivity index (χ1v) is 7.32. The first-order valence-electron chi connectivity index (χ1n) is 6.34. The van der Waals surface area contributed by atoms with E-state index in [1.54, 1.807) is 25.4 Å². The van der Waals surface area contributed by atoms with Crippen molar-refractivity contribution in [2.45, 2.75) is 24.6 Å². The van der Waals surface area contributed by atoms with Gasteiger partial charge in [-0.05, 0) is 26.0 Å². The van der Waals surface area contributed by atoms with Gasteiger partial charge < -0.3 is 9.84 Å². The van der Waals surface area contributed by atoms with Crippen molar-refractivity contribution in [1.29, 1.82) is 0 Å². The molecule has 0 atom stereocenters. The van der Waals surface area contributed by atoms with E-state index in [1.807, 2.05) is 13.8 Å². The molecule has 2 aromatic rings. The van der Waals surface area contributed by atoms with Crippen LogP contribution >= 0.6 is 11.8 Å². The molecule has 0 spiro atoms. The Morgan fingerprint density at radius 1 is 1.29 bits per heavy atom. The van der Waals surface area contributed by atoms with Crippen LogP contribution in [-0.2, 0) is 5.75 Å². The lowest BCUT2D eigenvalue weighted by atomic mass is 10.1. The van der Waals surface area contributed by atoms with Gasteiger partial charge in [0.15, 0.2) is 0 Å². The Morgan fingerprint density at radius 3 is 2.62 bits per heavy atom. The van der Waals surface area contributed by atoms with Crippen LogP contribution in [0, 0.1) is 13.8 Å². The number of methoxy groups -OCH3 is 1. The van der Waals surface area contributed by atoms with Gasteiger partial charge >= 0.3 is 5.97 Å². The van der Waals surface area contributed by atoms with Crippen molar-refractivity contribution in [3.05, 3.63) is 46.9 Å². The molecule has 5 nitrogen and oxygen atoms in total. The highest BCUT2D eigenvalue weighted by Gasteiger charge is 2.10. The predicted molar refractivity (Wildman–Crippen MR) is 81.0 cm³/mol. The summed E-state index contributed by atoms with van der Waals surface area (Å²) in [5.41, 5.74) is 3.15. The van der Waals surface area contributed by atoms with E-state index in [-0.39, 0.29) is 5.56 Å². The standard InChI is InChI=1S/C15H16N2O3S/c1-9-6-16-12(10(2)14(9)20-3)8-21-13-5-4-11(7-17-13)15(18)19/h4-7H,8H2,1-3H3,(H,18,19). The first-order chi connectivity index (χ1) is 10.0. The van der Waals surface area contributed by atoms with E-state index in [1.165, 1.54) is 18.0 Å². The number of aromatic nitrogens is 2. The molecule has 6 heteroatoms. The minimum atomic E-state index is -0.972. The Morgan fingerprint density at radius 2 is 2.05 bits per heavy atom. The van der Waals surface area contributed by atoms with E-state index in [0.717, 1.165) is 27.6 Å². The maximum atomic E-state index is 10.8. The molecule has 0 radical (unpaired) electrons. The Bertz CT molecular complexity index is 657. The summed E-state index contributed by atoms with van der Waals surface area (Å²) in [5.74, 6) is 0.539. The highest BCUT2D eigenvalue weighted by Crippen LogP contribution is 2.28. The van der Waals surface area contributed by atoms with Gasteiger partial charge in [0.05, 0.1) is 23.4 Å². The van der Waals surface area contributed by atoms with Crippen LogP contribution in [0.4, 0.5) is 0 Å². The molecule has 0 saturated heterocycles. The number of hydrogen-bond donors (Lipinski definition) is 1. The molecule has 0 aliphatic heterocycles. The lowest BCUT2D eigenvalue weighted by Crippen LogP contribution is -1.99. The van der Waals surface area contributed by atoms with E-state index >= 15 is 0 Å². The minimum Gasteiger partial charge on any atom is -0.496 e. The van der Waals surface area contributed by atoms with Crippen LogP contribution in [0.3, 0.4) is 0 Å². The molecule has 0 saturated carbocycles. The van der Waals surface area contributed by atoms with Crippen LogP contribution in [0.5, 0.6) is 5.75 Å². The second-order valence-electron chi connectivity index (χ2n) is 4.53. The number of nitrogens with zero attached hydrogens (tertiary/aromatic N) is 2. The normalized spacial score (nSPS) is 10.4. The number of rotatable bonds is 5. The van der Waals surface area contributed by atoms with E-state index in [2.05, 4.69) is 9.97 Å². The lowest BCUT2D eigenvalue weighted by molar-refractivity contribution is 0.0696. The number of carboxylic acid groups (broad SMARTS) is 1. The van der Waals surface area contributed by atoms with Crippen LogP contribution in [0.25, 0.3) is 0 Å². The summed E-state index contributed by atoms with van der Waals surface area (Å²) in [5, 5.41) is 9.60. The zero-order chi connectivity index (χ0) is 15.4. The summed E-state index contributed by atoms with van der Waals surface area (Å²) >= 11 is 1.51. The quantitative estimate of drug-likeness (QED) is 0.856. The summed E-state index contributed by atoms with van der Waals surface area (Å²) in [6, 6.07) is 3.25. The monoisotopic (exact) mass is 304 g/mol. The fraction of sp³-hybridized carbons (Fsp3) is 0.267. The lowest BCUT2D eigenvalue weighted by Gasteiger charge is -2.11. The molecule has 110 valence electrons. The Hall–Kier alpha value is -2.08. The molecule has 0 fully saturated rings. The van der Waals surface area contributed by atoms with Crippen molar-refractivity contribution in [1.82, 2.24) is 9.97 Å². The fourth-order valence-corrected chi connectivity index (χ4v) is 2.82. The van der Waals surface area contributed by atoms with Crippen LogP contribution in [0.15, 0.2) is 29.6 Å². The van der Waals surface area contributed by atoms with E-state index in [4.69, 9.17) is 9.84 Å². The number of pyridine rings is 2. The highest BCUT2D eigenvalue weighted by molar-refractivity contribution is 7.98. The molecular formula is C15H16N2O3S. The second kappa shape index (κ2) is 6.58. The summed E-state index contributed by atoms with van der Waals surface area (Å²) in [4.78, 5) is 19.3. The summed E-state index contributed by atoms with van der Waals surface area (Å²) < 4.78 is 5.38. The highest BCUT2D eigenvalue weighted by atomic mass is 32.2. The Kier molecular flexibility index (Phi) is 4.80. The van der Waals surface area contributed by atoms with E-state index in [0.29, 0.717) is 5.75 Å². The van der Waals surface area contributed by atoms with Crippen LogP contribution < -0.4 is 4.74 Å². The molecule has 1 N–H and O–H groups in total. The number of thioether (sulfide) groups is 1. The molecule has 0 bridgehead atoms. The predicted octanol–water partition coefficient (Wildman–Crippen LogP) is 3.09. The third-order valence-electron chi connectivity index (χ3n) is 3.09. The summed E-state index contributed by atoms with van der Waals surface area (Å²) in [6.45, 7) is 3.94. The zero-order valence-corrected chi connectivity index (χ0v) is 12.9. The molecule has 0 unspecified atom stereocenters. The van der Waals surface area contributed by atoms with Crippen molar-refractivity contribution >= 4 is 17.7 Å². The van der Waals surface area contributed by atoms with E-state index < -0.39 is 5.97 Å². The van der Waals surface area contributed by atoms with Gasteiger partial charge in [0.2, 0.25) is 0 Å². The molecule has 0 amide bonds. The molecule has 2 heterocycles.